The fraction of sp³-hybridized carbons (Fsp3) is 0.500. The zero-order valence-corrected chi connectivity index (χ0v) is 11.3. The van der Waals surface area contributed by atoms with Crippen LogP contribution in [0.4, 0.5) is 5.82 Å². The van der Waals surface area contributed by atoms with E-state index in [4.69, 9.17) is 5.11 Å². The molecule has 1 unspecified atom stereocenters. The van der Waals surface area contributed by atoms with Crippen LogP contribution in [0.2, 0.25) is 0 Å². The number of amides is 1. The van der Waals surface area contributed by atoms with Crippen LogP contribution in [0, 0.1) is 0 Å². The molecule has 1 rings (SSSR count). The van der Waals surface area contributed by atoms with Crippen LogP contribution in [-0.2, 0) is 4.79 Å². The second-order valence-electron chi connectivity index (χ2n) is 4.09. The van der Waals surface area contributed by atoms with Crippen LogP contribution in [0.3, 0.4) is 0 Å². The molecule has 104 valence electrons. The lowest BCUT2D eigenvalue weighted by Crippen LogP contribution is -2.35. The molecule has 0 fully saturated rings. The highest BCUT2D eigenvalue weighted by Gasteiger charge is 2.18. The Bertz CT molecular complexity index is 447. The summed E-state index contributed by atoms with van der Waals surface area (Å²) in [5, 5.41) is 19.1. The lowest BCUT2D eigenvalue weighted by Gasteiger charge is -2.27. The van der Waals surface area contributed by atoms with Crippen molar-refractivity contribution in [3.8, 4) is 0 Å². The summed E-state index contributed by atoms with van der Waals surface area (Å²) < 4.78 is 0. The molecule has 1 atom stereocenters. The highest BCUT2D eigenvalue weighted by atomic mass is 16.4. The molecule has 2 N–H and O–H groups in total. The van der Waals surface area contributed by atoms with E-state index < -0.39 is 5.97 Å². The molecule has 0 radical (unpaired) electrons. The van der Waals surface area contributed by atoms with Gasteiger partial charge in [0.15, 0.2) is 11.5 Å². The van der Waals surface area contributed by atoms with Crippen molar-refractivity contribution in [2.75, 3.05) is 18.5 Å². The molecule has 0 bridgehead atoms. The molecule has 1 aromatic heterocycles. The fourth-order valence-electron chi connectivity index (χ4n) is 1.79. The van der Waals surface area contributed by atoms with E-state index in [2.05, 4.69) is 15.5 Å². The van der Waals surface area contributed by atoms with Crippen molar-refractivity contribution in [3.63, 3.8) is 0 Å². The first kappa shape index (κ1) is 14.9. The van der Waals surface area contributed by atoms with E-state index in [1.165, 1.54) is 7.05 Å². The highest BCUT2D eigenvalue weighted by molar-refractivity contribution is 5.91. The Morgan fingerprint density at radius 1 is 1.42 bits per heavy atom. The first-order valence-corrected chi connectivity index (χ1v) is 6.03. The summed E-state index contributed by atoms with van der Waals surface area (Å²) in [6.45, 7) is 4.33. The van der Waals surface area contributed by atoms with Gasteiger partial charge >= 0.3 is 5.97 Å². The number of anilines is 1. The van der Waals surface area contributed by atoms with Crippen LogP contribution < -0.4 is 10.2 Å². The number of hydrogen-bond donors (Lipinski definition) is 2. The molecule has 1 heterocycles. The maximum Gasteiger partial charge on any atom is 0.305 e. The van der Waals surface area contributed by atoms with Gasteiger partial charge in [-0.1, -0.05) is 0 Å². The van der Waals surface area contributed by atoms with E-state index >= 15 is 0 Å². The van der Waals surface area contributed by atoms with Crippen molar-refractivity contribution in [2.45, 2.75) is 26.3 Å². The van der Waals surface area contributed by atoms with Crippen LogP contribution in [-0.4, -0.2) is 46.8 Å². The number of nitrogens with one attached hydrogen (secondary N) is 1. The SMILES string of the molecule is CCN(c1ccc(C(=O)NC)nn1)C(C)CC(=O)O. The van der Waals surface area contributed by atoms with Crippen molar-refractivity contribution >= 4 is 17.7 Å². The molecular formula is C12H18N4O3. The third-order valence-electron chi connectivity index (χ3n) is 2.75. The molecule has 1 amide bonds. The van der Waals surface area contributed by atoms with Crippen molar-refractivity contribution in [3.05, 3.63) is 17.8 Å². The van der Waals surface area contributed by atoms with E-state index in [1.807, 2.05) is 18.7 Å². The van der Waals surface area contributed by atoms with Crippen LogP contribution >= 0.6 is 0 Å². The molecule has 0 aromatic carbocycles. The predicted octanol–water partition coefficient (Wildman–Crippen LogP) is 0.526. The standard InChI is InChI=1S/C12H18N4O3/c1-4-16(8(2)7-11(17)18)10-6-5-9(14-15-10)12(19)13-3/h5-6,8H,4,7H2,1-3H3,(H,13,19)(H,17,18). The van der Waals surface area contributed by atoms with Gasteiger partial charge in [0.05, 0.1) is 6.42 Å². The van der Waals surface area contributed by atoms with E-state index in [1.54, 1.807) is 12.1 Å². The summed E-state index contributed by atoms with van der Waals surface area (Å²) in [5.74, 6) is -0.606. The molecule has 0 spiro atoms. The number of aromatic nitrogens is 2. The Labute approximate surface area is 111 Å². The molecule has 7 heteroatoms. The first-order valence-electron chi connectivity index (χ1n) is 6.03. The number of aliphatic carboxylic acids is 1. The molecule has 0 aliphatic heterocycles. The van der Waals surface area contributed by atoms with E-state index in [0.717, 1.165) is 0 Å². The molecular weight excluding hydrogens is 248 g/mol. The second-order valence-corrected chi connectivity index (χ2v) is 4.09. The third kappa shape index (κ3) is 3.90. The molecule has 0 aliphatic rings. The zero-order valence-electron chi connectivity index (χ0n) is 11.3. The fourth-order valence-corrected chi connectivity index (χ4v) is 1.79. The maximum atomic E-state index is 11.3. The summed E-state index contributed by atoms with van der Waals surface area (Å²) in [4.78, 5) is 23.9. The number of rotatable bonds is 6. The first-order chi connectivity index (χ1) is 8.99. The Kier molecular flexibility index (Phi) is 5.23. The van der Waals surface area contributed by atoms with Crippen molar-refractivity contribution < 1.29 is 14.7 Å². The minimum Gasteiger partial charge on any atom is -0.481 e. The quantitative estimate of drug-likeness (QED) is 0.779. The van der Waals surface area contributed by atoms with Crippen molar-refractivity contribution in [1.82, 2.24) is 15.5 Å². The number of hydrogen-bond acceptors (Lipinski definition) is 5. The summed E-state index contributed by atoms with van der Waals surface area (Å²) in [7, 11) is 1.52. The van der Waals surface area contributed by atoms with Gasteiger partial charge in [0.1, 0.15) is 0 Å². The maximum absolute atomic E-state index is 11.3. The molecule has 19 heavy (non-hydrogen) atoms. The summed E-state index contributed by atoms with van der Waals surface area (Å²) in [6.07, 6.45) is 0.0206. The number of carbonyl (C=O) groups excluding carboxylic acids is 1. The summed E-state index contributed by atoms with van der Waals surface area (Å²) >= 11 is 0. The highest BCUT2D eigenvalue weighted by Crippen LogP contribution is 2.15. The normalized spacial score (nSPS) is 11.7. The van der Waals surface area contributed by atoms with E-state index in [-0.39, 0.29) is 24.1 Å². The Morgan fingerprint density at radius 2 is 2.11 bits per heavy atom. The van der Waals surface area contributed by atoms with Crippen LogP contribution in [0.15, 0.2) is 12.1 Å². The van der Waals surface area contributed by atoms with Gasteiger partial charge in [0.25, 0.3) is 5.91 Å². The summed E-state index contributed by atoms with van der Waals surface area (Å²) in [6, 6.07) is 3.04. The minimum atomic E-state index is -0.860. The van der Waals surface area contributed by atoms with Crippen molar-refractivity contribution in [2.24, 2.45) is 0 Å². The van der Waals surface area contributed by atoms with Gasteiger partial charge in [-0.05, 0) is 26.0 Å². The summed E-state index contributed by atoms with van der Waals surface area (Å²) in [5.41, 5.74) is 0.230. The minimum absolute atomic E-state index is 0.0206. The lowest BCUT2D eigenvalue weighted by molar-refractivity contribution is -0.137. The van der Waals surface area contributed by atoms with Gasteiger partial charge in [-0.15, -0.1) is 10.2 Å². The monoisotopic (exact) mass is 266 g/mol. The number of nitrogens with zero attached hydrogens (tertiary/aromatic N) is 3. The van der Waals surface area contributed by atoms with Gasteiger partial charge in [-0.3, -0.25) is 9.59 Å². The van der Waals surface area contributed by atoms with Crippen LogP contribution in [0.25, 0.3) is 0 Å². The largest absolute Gasteiger partial charge is 0.481 e. The Hall–Kier alpha value is -2.18. The van der Waals surface area contributed by atoms with Gasteiger partial charge < -0.3 is 15.3 Å². The second kappa shape index (κ2) is 6.67. The van der Waals surface area contributed by atoms with Gasteiger partial charge in [0, 0.05) is 19.6 Å². The molecule has 0 saturated heterocycles. The Balaban J connectivity index is 2.87. The van der Waals surface area contributed by atoms with Crippen molar-refractivity contribution in [1.29, 1.82) is 0 Å². The predicted molar refractivity (Wildman–Crippen MR) is 70.2 cm³/mol. The average molecular weight is 266 g/mol. The number of carboxylic acids is 1. The van der Waals surface area contributed by atoms with E-state index in [0.29, 0.717) is 12.4 Å². The number of carboxylic acid groups (broad SMARTS) is 1. The molecule has 7 nitrogen and oxygen atoms in total. The van der Waals surface area contributed by atoms with Gasteiger partial charge in [-0.2, -0.15) is 0 Å². The molecule has 0 aliphatic carbocycles. The smallest absolute Gasteiger partial charge is 0.305 e. The average Bonchev–Trinajstić information content (AvgIpc) is 2.38. The van der Waals surface area contributed by atoms with Gasteiger partial charge in [0.2, 0.25) is 0 Å². The van der Waals surface area contributed by atoms with E-state index in [9.17, 15) is 9.59 Å². The lowest BCUT2D eigenvalue weighted by atomic mass is 10.2. The topological polar surface area (TPSA) is 95.4 Å². The zero-order chi connectivity index (χ0) is 14.4. The Morgan fingerprint density at radius 3 is 2.53 bits per heavy atom. The molecule has 0 saturated carbocycles. The van der Waals surface area contributed by atoms with Crippen LogP contribution in [0.1, 0.15) is 30.8 Å². The van der Waals surface area contributed by atoms with Crippen LogP contribution in [0.5, 0.6) is 0 Å². The third-order valence-corrected chi connectivity index (χ3v) is 2.75. The molecule has 1 aromatic rings. The number of carbonyl (C=O) groups is 2. The van der Waals surface area contributed by atoms with Gasteiger partial charge in [-0.25, -0.2) is 0 Å².